The fourth-order valence-corrected chi connectivity index (χ4v) is 4.04. The third kappa shape index (κ3) is 5.10. The molecule has 112 valence electrons. The molecule has 0 heterocycles. The first-order valence-corrected chi connectivity index (χ1v) is 8.87. The largest absolute Gasteiger partial charge is 0.313 e. The summed E-state index contributed by atoms with van der Waals surface area (Å²) in [6, 6.07) is 0.877. The maximum atomic E-state index is 3.83. The van der Waals surface area contributed by atoms with Gasteiger partial charge >= 0.3 is 0 Å². The number of hydrogen-bond donors (Lipinski definition) is 1. The highest BCUT2D eigenvalue weighted by Gasteiger charge is 2.36. The second kappa shape index (κ2) is 7.11. The van der Waals surface area contributed by atoms with Crippen molar-refractivity contribution >= 4 is 0 Å². The SMILES string of the molecule is CCCCC1CCC(CNC2CC2)(CC(C)C)CC1. The molecule has 0 unspecified atom stereocenters. The van der Waals surface area contributed by atoms with Crippen molar-refractivity contribution in [3.63, 3.8) is 0 Å². The molecule has 1 heteroatoms. The highest BCUT2D eigenvalue weighted by Crippen LogP contribution is 2.44. The minimum absolute atomic E-state index is 0.638. The fourth-order valence-electron chi connectivity index (χ4n) is 4.04. The molecule has 0 aliphatic heterocycles. The molecule has 0 bridgehead atoms. The summed E-state index contributed by atoms with van der Waals surface area (Å²) in [4.78, 5) is 0. The van der Waals surface area contributed by atoms with Gasteiger partial charge in [-0.1, -0.05) is 40.0 Å². The van der Waals surface area contributed by atoms with Gasteiger partial charge in [-0.25, -0.2) is 0 Å². The van der Waals surface area contributed by atoms with Crippen LogP contribution in [0.4, 0.5) is 0 Å². The Kier molecular flexibility index (Phi) is 5.74. The van der Waals surface area contributed by atoms with Crippen molar-refractivity contribution in [2.45, 2.75) is 91.0 Å². The molecular formula is C18H35N. The van der Waals surface area contributed by atoms with Gasteiger partial charge in [0.25, 0.3) is 0 Å². The van der Waals surface area contributed by atoms with Gasteiger partial charge in [0.2, 0.25) is 0 Å². The van der Waals surface area contributed by atoms with E-state index in [1.165, 1.54) is 70.8 Å². The Morgan fingerprint density at radius 2 is 1.79 bits per heavy atom. The van der Waals surface area contributed by atoms with Gasteiger partial charge in [-0.2, -0.15) is 0 Å². The average Bonchev–Trinajstić information content (AvgIpc) is 3.19. The van der Waals surface area contributed by atoms with Gasteiger partial charge in [0.15, 0.2) is 0 Å². The van der Waals surface area contributed by atoms with Gasteiger partial charge in [-0.3, -0.25) is 0 Å². The molecule has 0 saturated heterocycles. The van der Waals surface area contributed by atoms with Crippen LogP contribution in [0.15, 0.2) is 0 Å². The topological polar surface area (TPSA) is 12.0 Å². The lowest BCUT2D eigenvalue weighted by atomic mass is 9.66. The Labute approximate surface area is 120 Å². The maximum absolute atomic E-state index is 3.83. The summed E-state index contributed by atoms with van der Waals surface area (Å²) in [7, 11) is 0. The van der Waals surface area contributed by atoms with Crippen molar-refractivity contribution in [1.82, 2.24) is 5.32 Å². The third-order valence-corrected chi connectivity index (χ3v) is 5.32. The highest BCUT2D eigenvalue weighted by molar-refractivity contribution is 4.91. The van der Waals surface area contributed by atoms with Crippen LogP contribution in [-0.4, -0.2) is 12.6 Å². The van der Waals surface area contributed by atoms with Gasteiger partial charge in [0, 0.05) is 12.6 Å². The van der Waals surface area contributed by atoms with Crippen molar-refractivity contribution in [1.29, 1.82) is 0 Å². The molecule has 2 fully saturated rings. The molecule has 0 aromatic carbocycles. The van der Waals surface area contributed by atoms with E-state index in [0.717, 1.165) is 17.9 Å². The molecule has 0 spiro atoms. The van der Waals surface area contributed by atoms with Crippen LogP contribution < -0.4 is 5.32 Å². The van der Waals surface area contributed by atoms with E-state index < -0.39 is 0 Å². The fraction of sp³-hybridized carbons (Fsp3) is 1.00. The molecule has 1 N–H and O–H groups in total. The lowest BCUT2D eigenvalue weighted by molar-refractivity contribution is 0.111. The normalized spacial score (nSPS) is 31.9. The van der Waals surface area contributed by atoms with E-state index >= 15 is 0 Å². The minimum Gasteiger partial charge on any atom is -0.313 e. The molecule has 2 saturated carbocycles. The van der Waals surface area contributed by atoms with Crippen LogP contribution in [0.3, 0.4) is 0 Å². The lowest BCUT2D eigenvalue weighted by Crippen LogP contribution is -2.39. The predicted octanol–water partition coefficient (Wildman–Crippen LogP) is 5.15. The maximum Gasteiger partial charge on any atom is 0.00684 e. The Balaban J connectivity index is 1.81. The van der Waals surface area contributed by atoms with Crippen molar-refractivity contribution < 1.29 is 0 Å². The molecule has 2 rings (SSSR count). The first-order valence-electron chi connectivity index (χ1n) is 8.87. The van der Waals surface area contributed by atoms with Gasteiger partial charge in [0.1, 0.15) is 0 Å². The summed E-state index contributed by atoms with van der Waals surface area (Å²) >= 11 is 0. The molecule has 0 aromatic heterocycles. The molecule has 0 radical (unpaired) electrons. The Morgan fingerprint density at radius 3 is 2.32 bits per heavy atom. The monoisotopic (exact) mass is 265 g/mol. The number of unbranched alkanes of at least 4 members (excludes halogenated alkanes) is 1. The van der Waals surface area contributed by atoms with Crippen LogP contribution in [0.2, 0.25) is 0 Å². The quantitative estimate of drug-likeness (QED) is 0.640. The summed E-state index contributed by atoms with van der Waals surface area (Å²) in [5.41, 5.74) is 0.638. The first-order chi connectivity index (χ1) is 9.13. The zero-order chi connectivity index (χ0) is 13.7. The third-order valence-electron chi connectivity index (χ3n) is 5.32. The van der Waals surface area contributed by atoms with E-state index in [0.29, 0.717) is 5.41 Å². The lowest BCUT2D eigenvalue weighted by Gasteiger charge is -2.42. The Morgan fingerprint density at radius 1 is 1.11 bits per heavy atom. The summed E-state index contributed by atoms with van der Waals surface area (Å²) in [6.45, 7) is 8.44. The average molecular weight is 265 g/mol. The van der Waals surface area contributed by atoms with Crippen molar-refractivity contribution in [2.75, 3.05) is 6.54 Å². The summed E-state index contributed by atoms with van der Waals surface area (Å²) in [5.74, 6) is 1.90. The minimum atomic E-state index is 0.638. The van der Waals surface area contributed by atoms with E-state index in [9.17, 15) is 0 Å². The number of rotatable bonds is 8. The second-order valence-electron chi connectivity index (χ2n) is 7.84. The molecule has 0 aromatic rings. The van der Waals surface area contributed by atoms with Crippen molar-refractivity contribution in [3.8, 4) is 0 Å². The molecular weight excluding hydrogens is 230 g/mol. The Hall–Kier alpha value is -0.0400. The van der Waals surface area contributed by atoms with Crippen molar-refractivity contribution in [3.05, 3.63) is 0 Å². The van der Waals surface area contributed by atoms with E-state index in [2.05, 4.69) is 26.1 Å². The molecule has 0 amide bonds. The van der Waals surface area contributed by atoms with Crippen LogP contribution in [0.5, 0.6) is 0 Å². The first kappa shape index (κ1) is 15.4. The highest BCUT2D eigenvalue weighted by atomic mass is 15.0. The molecule has 1 nitrogen and oxygen atoms in total. The van der Waals surface area contributed by atoms with Crippen LogP contribution >= 0.6 is 0 Å². The molecule has 0 atom stereocenters. The van der Waals surface area contributed by atoms with Crippen LogP contribution in [0.25, 0.3) is 0 Å². The van der Waals surface area contributed by atoms with E-state index in [4.69, 9.17) is 0 Å². The number of hydrogen-bond acceptors (Lipinski definition) is 1. The zero-order valence-electron chi connectivity index (χ0n) is 13.5. The standard InChI is InChI=1S/C18H35N/c1-4-5-6-16-9-11-18(12-10-16,13-15(2)3)14-19-17-7-8-17/h15-17,19H,4-14H2,1-3H3. The summed E-state index contributed by atoms with van der Waals surface area (Å²) < 4.78 is 0. The predicted molar refractivity (Wildman–Crippen MR) is 84.4 cm³/mol. The summed E-state index contributed by atoms with van der Waals surface area (Å²) in [5, 5.41) is 3.83. The Bertz CT molecular complexity index is 246. The van der Waals surface area contributed by atoms with E-state index in [1.54, 1.807) is 0 Å². The molecule has 2 aliphatic rings. The van der Waals surface area contributed by atoms with Crippen LogP contribution in [0.1, 0.15) is 85.0 Å². The van der Waals surface area contributed by atoms with Crippen LogP contribution in [-0.2, 0) is 0 Å². The van der Waals surface area contributed by atoms with Gasteiger partial charge in [-0.15, -0.1) is 0 Å². The van der Waals surface area contributed by atoms with Crippen LogP contribution in [0, 0.1) is 17.3 Å². The summed E-state index contributed by atoms with van der Waals surface area (Å²) in [6.07, 6.45) is 14.6. The van der Waals surface area contributed by atoms with Crippen molar-refractivity contribution in [2.24, 2.45) is 17.3 Å². The second-order valence-corrected chi connectivity index (χ2v) is 7.84. The van der Waals surface area contributed by atoms with Gasteiger partial charge in [-0.05, 0) is 62.2 Å². The molecule has 2 aliphatic carbocycles. The zero-order valence-corrected chi connectivity index (χ0v) is 13.5. The van der Waals surface area contributed by atoms with E-state index in [-0.39, 0.29) is 0 Å². The number of nitrogens with one attached hydrogen (secondary N) is 1. The van der Waals surface area contributed by atoms with Gasteiger partial charge < -0.3 is 5.32 Å². The van der Waals surface area contributed by atoms with E-state index in [1.807, 2.05) is 0 Å². The smallest absolute Gasteiger partial charge is 0.00684 e. The van der Waals surface area contributed by atoms with Gasteiger partial charge in [0.05, 0.1) is 0 Å². The molecule has 19 heavy (non-hydrogen) atoms.